The molecule has 0 saturated carbocycles. The van der Waals surface area contributed by atoms with Gasteiger partial charge in [-0.05, 0) is 36.0 Å². The van der Waals surface area contributed by atoms with Gasteiger partial charge in [0.05, 0.1) is 6.61 Å². The van der Waals surface area contributed by atoms with Crippen LogP contribution in [0.15, 0.2) is 17.1 Å². The molecule has 0 spiro atoms. The molecule has 2 fully saturated rings. The van der Waals surface area contributed by atoms with E-state index in [1.54, 1.807) is 22.8 Å². The molecule has 3 heterocycles. The van der Waals surface area contributed by atoms with Crippen molar-refractivity contribution in [1.29, 1.82) is 0 Å². The fraction of sp³-hybridized carbons (Fsp3) is 0.765. The summed E-state index contributed by atoms with van der Waals surface area (Å²) in [6, 6.07) is 1.50. The predicted molar refractivity (Wildman–Crippen MR) is 130 cm³/mol. The van der Waals surface area contributed by atoms with Crippen molar-refractivity contribution in [2.75, 3.05) is 23.8 Å². The molecule has 0 amide bonds. The minimum absolute atomic E-state index is 0.0564. The molecule has 1 aromatic heterocycles. The van der Waals surface area contributed by atoms with E-state index in [1.165, 1.54) is 16.8 Å². The first-order chi connectivity index (χ1) is 13.8. The highest BCUT2D eigenvalue weighted by Gasteiger charge is 2.51. The monoisotopic (exact) mass is 511 g/mol. The molecule has 0 radical (unpaired) electrons. The Hall–Kier alpha value is 0.0869. The SMILES string of the molecule is CC(C)(C)[Si](C)(C)OC1[C@@H](O)[C@H](n2ccc(N)nc2=O)O[C@@H]1COP1(=S)SCCS1. The molecule has 3 N–H and O–H groups in total. The van der Waals surface area contributed by atoms with Crippen LogP contribution in [0.25, 0.3) is 0 Å². The zero-order valence-corrected chi connectivity index (χ0v) is 22.2. The van der Waals surface area contributed by atoms with Crippen LogP contribution in [0.1, 0.15) is 27.0 Å². The topological polar surface area (TPSA) is 109 Å². The second-order valence-electron chi connectivity index (χ2n) is 8.85. The molecule has 2 aliphatic rings. The van der Waals surface area contributed by atoms with E-state index in [9.17, 15) is 9.90 Å². The molecule has 30 heavy (non-hydrogen) atoms. The van der Waals surface area contributed by atoms with Gasteiger partial charge < -0.3 is 24.5 Å². The fourth-order valence-electron chi connectivity index (χ4n) is 2.94. The largest absolute Gasteiger partial charge is 0.408 e. The van der Waals surface area contributed by atoms with Gasteiger partial charge in [-0.2, -0.15) is 4.98 Å². The van der Waals surface area contributed by atoms with Crippen molar-refractivity contribution < 1.29 is 18.8 Å². The van der Waals surface area contributed by atoms with Crippen LogP contribution < -0.4 is 11.4 Å². The Balaban J connectivity index is 1.86. The Morgan fingerprint density at radius 1 is 1.43 bits per heavy atom. The zero-order chi connectivity index (χ0) is 22.3. The number of rotatable bonds is 6. The maximum absolute atomic E-state index is 12.3. The molecular weight excluding hydrogens is 481 g/mol. The molecule has 2 saturated heterocycles. The summed E-state index contributed by atoms with van der Waals surface area (Å²) in [5.74, 6) is 2.08. The summed E-state index contributed by atoms with van der Waals surface area (Å²) < 4.78 is 18.0. The minimum Gasteiger partial charge on any atom is -0.408 e. The van der Waals surface area contributed by atoms with Crippen LogP contribution in [0.3, 0.4) is 0 Å². The Labute approximate surface area is 191 Å². The first kappa shape index (κ1) is 24.7. The second-order valence-corrected chi connectivity index (χ2v) is 24.3. The quantitative estimate of drug-likeness (QED) is 0.436. The van der Waals surface area contributed by atoms with Gasteiger partial charge in [0.2, 0.25) is 0 Å². The van der Waals surface area contributed by atoms with E-state index in [2.05, 4.69) is 38.8 Å². The smallest absolute Gasteiger partial charge is 0.351 e. The van der Waals surface area contributed by atoms with Gasteiger partial charge in [-0.1, -0.05) is 43.5 Å². The predicted octanol–water partition coefficient (Wildman–Crippen LogP) is 3.20. The Morgan fingerprint density at radius 3 is 2.63 bits per heavy atom. The third-order valence-corrected chi connectivity index (χ3v) is 20.0. The average molecular weight is 512 g/mol. The molecule has 4 atom stereocenters. The standard InChI is InChI=1S/C17H30N3O5PS3Si/c1-17(2,3)30(4,5)25-14-11(10-23-26(27)28-8-9-29-26)24-15(13(14)21)20-7-6-12(18)19-16(20)22/h6-7,11,13-15,21H,8-10H2,1-5H3,(H2,18,19,22)/t11-,13-,14?,15-/m1/s1. The van der Waals surface area contributed by atoms with E-state index < -0.39 is 43.2 Å². The number of nitrogen functional groups attached to an aromatic ring is 1. The normalized spacial score (nSPS) is 29.4. The Kier molecular flexibility index (Phi) is 7.54. The Morgan fingerprint density at radius 2 is 2.07 bits per heavy atom. The van der Waals surface area contributed by atoms with Crippen LogP contribution in [0, 0.1) is 0 Å². The molecule has 170 valence electrons. The third kappa shape index (κ3) is 5.35. The molecule has 1 aromatic rings. The number of nitrogens with zero attached hydrogens (tertiary/aromatic N) is 2. The van der Waals surface area contributed by atoms with E-state index in [0.717, 1.165) is 11.5 Å². The number of anilines is 1. The van der Waals surface area contributed by atoms with E-state index in [1.807, 2.05) is 0 Å². The second kappa shape index (κ2) is 9.15. The average Bonchev–Trinajstić information content (AvgIpc) is 3.18. The van der Waals surface area contributed by atoms with E-state index in [4.69, 9.17) is 31.2 Å². The molecule has 2 aliphatic heterocycles. The van der Waals surface area contributed by atoms with Crippen LogP contribution in [-0.4, -0.2) is 59.4 Å². The molecule has 8 nitrogen and oxygen atoms in total. The first-order valence-corrected chi connectivity index (χ1v) is 18.5. The van der Waals surface area contributed by atoms with Crippen LogP contribution in [-0.2, 0) is 25.5 Å². The van der Waals surface area contributed by atoms with Crippen molar-refractivity contribution in [2.24, 2.45) is 0 Å². The number of aliphatic hydroxyl groups excluding tert-OH is 1. The van der Waals surface area contributed by atoms with Gasteiger partial charge in [-0.3, -0.25) is 4.57 Å². The van der Waals surface area contributed by atoms with Gasteiger partial charge in [0.1, 0.15) is 24.1 Å². The summed E-state index contributed by atoms with van der Waals surface area (Å²) in [6.45, 7) is 10.8. The van der Waals surface area contributed by atoms with Gasteiger partial charge in [0.15, 0.2) is 19.2 Å². The fourth-order valence-corrected chi connectivity index (χ4v) is 13.1. The summed E-state index contributed by atoms with van der Waals surface area (Å²) in [6.07, 6.45) is -1.70. The number of aliphatic hydroxyl groups is 1. The van der Waals surface area contributed by atoms with Crippen LogP contribution >= 0.6 is 27.4 Å². The molecular formula is C17H30N3O5PS3Si. The van der Waals surface area contributed by atoms with Crippen molar-refractivity contribution >= 4 is 53.4 Å². The first-order valence-electron chi connectivity index (χ1n) is 9.73. The lowest BCUT2D eigenvalue weighted by atomic mass is 10.1. The van der Waals surface area contributed by atoms with Crippen molar-refractivity contribution in [3.63, 3.8) is 0 Å². The van der Waals surface area contributed by atoms with Crippen molar-refractivity contribution in [2.45, 2.75) is 63.4 Å². The Bertz CT molecular complexity index is 871. The summed E-state index contributed by atoms with van der Waals surface area (Å²) >= 11 is 9.05. The maximum Gasteiger partial charge on any atom is 0.351 e. The molecule has 0 aromatic carbocycles. The number of hydrogen-bond donors (Lipinski definition) is 2. The van der Waals surface area contributed by atoms with Gasteiger partial charge in [0.25, 0.3) is 0 Å². The molecule has 3 rings (SSSR count). The van der Waals surface area contributed by atoms with Gasteiger partial charge in [-0.15, -0.1) is 0 Å². The lowest BCUT2D eigenvalue weighted by Gasteiger charge is -2.40. The number of ether oxygens (including phenoxy) is 1. The van der Waals surface area contributed by atoms with Gasteiger partial charge in [0, 0.05) is 17.7 Å². The van der Waals surface area contributed by atoms with E-state index in [-0.39, 0.29) is 17.5 Å². The number of aromatic nitrogens is 2. The van der Waals surface area contributed by atoms with Gasteiger partial charge in [-0.25, -0.2) is 4.79 Å². The third-order valence-electron chi connectivity index (χ3n) is 5.65. The number of nitrogens with two attached hydrogens (primary N) is 1. The maximum atomic E-state index is 12.3. The highest BCUT2D eigenvalue weighted by atomic mass is 33.2. The van der Waals surface area contributed by atoms with Crippen LogP contribution in [0.4, 0.5) is 5.82 Å². The van der Waals surface area contributed by atoms with Gasteiger partial charge >= 0.3 is 5.69 Å². The van der Waals surface area contributed by atoms with E-state index >= 15 is 0 Å². The molecule has 13 heteroatoms. The summed E-state index contributed by atoms with van der Waals surface area (Å²) in [5.41, 5.74) is 5.02. The summed E-state index contributed by atoms with van der Waals surface area (Å²) in [5, 5.41) is 11.1. The van der Waals surface area contributed by atoms with Crippen LogP contribution in [0.5, 0.6) is 0 Å². The molecule has 0 bridgehead atoms. The van der Waals surface area contributed by atoms with E-state index in [0.29, 0.717) is 0 Å². The number of hydrogen-bond acceptors (Lipinski definition) is 10. The van der Waals surface area contributed by atoms with Crippen molar-refractivity contribution in [3.05, 3.63) is 22.7 Å². The summed E-state index contributed by atoms with van der Waals surface area (Å²) in [7, 11) is -2.23. The van der Waals surface area contributed by atoms with Crippen LogP contribution in [0.2, 0.25) is 18.1 Å². The lowest BCUT2D eigenvalue weighted by Crippen LogP contribution is -2.50. The zero-order valence-electron chi connectivity index (χ0n) is 17.8. The highest BCUT2D eigenvalue weighted by molar-refractivity contribution is 9.00. The lowest BCUT2D eigenvalue weighted by molar-refractivity contribution is -0.0498. The molecule has 0 aliphatic carbocycles. The van der Waals surface area contributed by atoms with Crippen molar-refractivity contribution in [1.82, 2.24) is 9.55 Å². The minimum atomic E-state index is -2.23. The van der Waals surface area contributed by atoms with Crippen molar-refractivity contribution in [3.8, 4) is 0 Å². The summed E-state index contributed by atoms with van der Waals surface area (Å²) in [4.78, 5) is 16.1. The highest BCUT2D eigenvalue weighted by Crippen LogP contribution is 2.74. The molecule has 1 unspecified atom stereocenters.